The standard InChI is InChI=1S/C16H17ClFNO2/c1-19-9-11-3-6-15(16(7-11)20-2)21-10-12-4-5-13(18)8-14(12)17/h3-8,19H,9-10H2,1-2H3/p+1. The van der Waals surface area contributed by atoms with E-state index in [4.69, 9.17) is 21.1 Å². The second-order valence-corrected chi connectivity index (χ2v) is 5.03. The van der Waals surface area contributed by atoms with Crippen LogP contribution in [0, 0.1) is 5.82 Å². The maximum absolute atomic E-state index is 13.0. The van der Waals surface area contributed by atoms with Crippen molar-refractivity contribution in [2.45, 2.75) is 13.2 Å². The zero-order valence-electron chi connectivity index (χ0n) is 12.0. The second kappa shape index (κ2) is 7.29. The molecule has 0 saturated heterocycles. The number of nitrogens with two attached hydrogens (primary N) is 1. The van der Waals surface area contributed by atoms with E-state index in [0.29, 0.717) is 16.5 Å². The molecule has 112 valence electrons. The molecule has 0 amide bonds. The second-order valence-electron chi connectivity index (χ2n) is 4.62. The summed E-state index contributed by atoms with van der Waals surface area (Å²) in [7, 11) is 3.61. The fourth-order valence-electron chi connectivity index (χ4n) is 1.99. The largest absolute Gasteiger partial charge is 0.493 e. The van der Waals surface area contributed by atoms with E-state index in [9.17, 15) is 4.39 Å². The third kappa shape index (κ3) is 4.09. The fraction of sp³-hybridized carbons (Fsp3) is 0.250. The van der Waals surface area contributed by atoms with Crippen molar-refractivity contribution in [1.82, 2.24) is 0 Å². The Kier molecular flexibility index (Phi) is 5.42. The molecule has 2 aromatic carbocycles. The Morgan fingerprint density at radius 3 is 2.62 bits per heavy atom. The molecule has 0 aliphatic heterocycles. The van der Waals surface area contributed by atoms with Gasteiger partial charge in [-0.3, -0.25) is 0 Å². The first-order chi connectivity index (χ1) is 10.1. The Bertz CT molecular complexity index is 619. The predicted octanol–water partition coefficient (Wildman–Crippen LogP) is 2.76. The molecule has 5 heteroatoms. The summed E-state index contributed by atoms with van der Waals surface area (Å²) in [5.74, 6) is 0.951. The van der Waals surface area contributed by atoms with Crippen LogP contribution in [-0.2, 0) is 13.2 Å². The molecule has 0 unspecified atom stereocenters. The molecule has 0 spiro atoms. The zero-order chi connectivity index (χ0) is 15.2. The number of quaternary nitrogens is 1. The minimum Gasteiger partial charge on any atom is -0.493 e. The van der Waals surface area contributed by atoms with Crippen molar-refractivity contribution in [1.29, 1.82) is 0 Å². The van der Waals surface area contributed by atoms with Gasteiger partial charge in [0.2, 0.25) is 0 Å². The Morgan fingerprint density at radius 1 is 1.14 bits per heavy atom. The molecule has 0 aliphatic carbocycles. The summed E-state index contributed by atoms with van der Waals surface area (Å²) in [4.78, 5) is 0. The van der Waals surface area contributed by atoms with Crippen molar-refractivity contribution in [3.63, 3.8) is 0 Å². The Balaban J connectivity index is 2.12. The van der Waals surface area contributed by atoms with Crippen molar-refractivity contribution in [3.8, 4) is 11.5 Å². The first kappa shape index (κ1) is 15.6. The van der Waals surface area contributed by atoms with E-state index in [1.54, 1.807) is 13.2 Å². The van der Waals surface area contributed by atoms with Gasteiger partial charge < -0.3 is 14.8 Å². The third-order valence-electron chi connectivity index (χ3n) is 3.07. The molecule has 0 aromatic heterocycles. The molecule has 0 aliphatic rings. The highest BCUT2D eigenvalue weighted by atomic mass is 35.5. The zero-order valence-corrected chi connectivity index (χ0v) is 12.8. The average Bonchev–Trinajstić information content (AvgIpc) is 2.47. The van der Waals surface area contributed by atoms with Crippen molar-refractivity contribution in [2.75, 3.05) is 14.2 Å². The number of benzene rings is 2. The maximum Gasteiger partial charge on any atom is 0.161 e. The topological polar surface area (TPSA) is 35.1 Å². The van der Waals surface area contributed by atoms with Crippen LogP contribution in [0.25, 0.3) is 0 Å². The highest BCUT2D eigenvalue weighted by Crippen LogP contribution is 2.29. The summed E-state index contributed by atoms with van der Waals surface area (Å²) in [5.41, 5.74) is 1.88. The van der Waals surface area contributed by atoms with E-state index in [0.717, 1.165) is 17.7 Å². The van der Waals surface area contributed by atoms with Crippen LogP contribution in [0.3, 0.4) is 0 Å². The minimum atomic E-state index is -0.360. The molecule has 2 N–H and O–H groups in total. The number of hydrogen-bond donors (Lipinski definition) is 1. The number of methoxy groups -OCH3 is 1. The van der Waals surface area contributed by atoms with Gasteiger partial charge in [-0.2, -0.15) is 0 Å². The van der Waals surface area contributed by atoms with Crippen LogP contribution in [0.4, 0.5) is 4.39 Å². The van der Waals surface area contributed by atoms with Gasteiger partial charge in [0.15, 0.2) is 11.5 Å². The number of halogens is 2. The molecule has 0 atom stereocenters. The normalized spacial score (nSPS) is 10.5. The van der Waals surface area contributed by atoms with Crippen molar-refractivity contribution in [3.05, 3.63) is 58.4 Å². The van der Waals surface area contributed by atoms with Crippen LogP contribution in [0.5, 0.6) is 11.5 Å². The maximum atomic E-state index is 13.0. The van der Waals surface area contributed by atoms with Crippen LogP contribution in [0.15, 0.2) is 36.4 Å². The number of hydrogen-bond acceptors (Lipinski definition) is 2. The molecular formula is C16H18ClFNO2+. The van der Waals surface area contributed by atoms with Crippen LogP contribution < -0.4 is 14.8 Å². The van der Waals surface area contributed by atoms with E-state index >= 15 is 0 Å². The minimum absolute atomic E-state index is 0.259. The van der Waals surface area contributed by atoms with Crippen LogP contribution in [0.2, 0.25) is 5.02 Å². The lowest BCUT2D eigenvalue weighted by molar-refractivity contribution is -0.643. The smallest absolute Gasteiger partial charge is 0.161 e. The molecular weight excluding hydrogens is 293 g/mol. The van der Waals surface area contributed by atoms with Crippen LogP contribution in [-0.4, -0.2) is 14.2 Å². The average molecular weight is 311 g/mol. The summed E-state index contributed by atoms with van der Waals surface area (Å²) in [6.07, 6.45) is 0. The van der Waals surface area contributed by atoms with Gasteiger partial charge in [0.25, 0.3) is 0 Å². The predicted molar refractivity (Wildman–Crippen MR) is 80.3 cm³/mol. The summed E-state index contributed by atoms with van der Waals surface area (Å²) in [6, 6.07) is 10.1. The van der Waals surface area contributed by atoms with E-state index in [1.165, 1.54) is 12.1 Å². The summed E-state index contributed by atoms with van der Waals surface area (Å²) in [5, 5.41) is 2.43. The van der Waals surface area contributed by atoms with E-state index in [-0.39, 0.29) is 12.4 Å². The van der Waals surface area contributed by atoms with Gasteiger partial charge in [0, 0.05) is 11.1 Å². The van der Waals surface area contributed by atoms with E-state index in [1.807, 2.05) is 25.2 Å². The summed E-state index contributed by atoms with van der Waals surface area (Å²) in [6.45, 7) is 1.13. The lowest BCUT2D eigenvalue weighted by Gasteiger charge is -2.12. The van der Waals surface area contributed by atoms with Gasteiger partial charge in [0.1, 0.15) is 19.0 Å². The van der Waals surface area contributed by atoms with E-state index in [2.05, 4.69) is 5.32 Å². The van der Waals surface area contributed by atoms with Crippen molar-refractivity contribution >= 4 is 11.6 Å². The molecule has 2 aromatic rings. The Hall–Kier alpha value is -1.78. The van der Waals surface area contributed by atoms with Gasteiger partial charge in [-0.05, 0) is 30.3 Å². The lowest BCUT2D eigenvalue weighted by Crippen LogP contribution is -2.77. The summed E-state index contributed by atoms with van der Waals surface area (Å²) >= 11 is 5.98. The monoisotopic (exact) mass is 310 g/mol. The molecule has 2 rings (SSSR count). The number of ether oxygens (including phenoxy) is 2. The SMILES string of the molecule is C[NH2+]Cc1ccc(OCc2ccc(F)cc2Cl)c(OC)c1. The van der Waals surface area contributed by atoms with Crippen LogP contribution >= 0.6 is 11.6 Å². The van der Waals surface area contributed by atoms with Gasteiger partial charge in [0.05, 0.1) is 19.2 Å². The molecule has 0 bridgehead atoms. The number of rotatable bonds is 6. The highest BCUT2D eigenvalue weighted by Gasteiger charge is 2.08. The van der Waals surface area contributed by atoms with Crippen LogP contribution in [0.1, 0.15) is 11.1 Å². The Labute approximate surface area is 128 Å². The Morgan fingerprint density at radius 2 is 1.95 bits per heavy atom. The third-order valence-corrected chi connectivity index (χ3v) is 3.42. The molecule has 21 heavy (non-hydrogen) atoms. The van der Waals surface area contributed by atoms with Gasteiger partial charge in [-0.15, -0.1) is 0 Å². The summed E-state index contributed by atoms with van der Waals surface area (Å²) < 4.78 is 24.1. The molecule has 0 radical (unpaired) electrons. The highest BCUT2D eigenvalue weighted by molar-refractivity contribution is 6.31. The molecule has 0 saturated carbocycles. The molecule has 0 heterocycles. The fourth-order valence-corrected chi connectivity index (χ4v) is 2.21. The van der Waals surface area contributed by atoms with Gasteiger partial charge in [-0.1, -0.05) is 17.7 Å². The van der Waals surface area contributed by atoms with Crippen molar-refractivity contribution in [2.24, 2.45) is 0 Å². The first-order valence-corrected chi connectivity index (χ1v) is 7.03. The van der Waals surface area contributed by atoms with E-state index < -0.39 is 0 Å². The lowest BCUT2D eigenvalue weighted by atomic mass is 10.2. The molecule has 3 nitrogen and oxygen atoms in total. The van der Waals surface area contributed by atoms with Crippen molar-refractivity contribution < 1.29 is 19.2 Å². The van der Waals surface area contributed by atoms with Gasteiger partial charge in [-0.25, -0.2) is 4.39 Å². The first-order valence-electron chi connectivity index (χ1n) is 6.65. The quantitative estimate of drug-likeness (QED) is 0.890. The molecule has 0 fully saturated rings. The van der Waals surface area contributed by atoms with Gasteiger partial charge >= 0.3 is 0 Å².